The highest BCUT2D eigenvalue weighted by Crippen LogP contribution is 2.33. The molecule has 0 aromatic carbocycles. The number of pyridine rings is 1. The van der Waals surface area contributed by atoms with Gasteiger partial charge in [0, 0.05) is 12.3 Å². The fraction of sp³-hybridized carbons (Fsp3) is 0.600. The molecule has 1 aliphatic heterocycles. The van der Waals surface area contributed by atoms with Gasteiger partial charge in [-0.1, -0.05) is 12.8 Å². The van der Waals surface area contributed by atoms with E-state index in [9.17, 15) is 13.2 Å². The Morgan fingerprint density at radius 3 is 2.54 bits per heavy atom. The number of rotatable bonds is 3. The number of carbonyl (C=O) groups excluding carboxylic acids is 1. The van der Waals surface area contributed by atoms with Gasteiger partial charge in [-0.2, -0.15) is 0 Å². The van der Waals surface area contributed by atoms with E-state index in [4.69, 9.17) is 0 Å². The number of sulfone groups is 1. The summed E-state index contributed by atoms with van der Waals surface area (Å²) in [6.07, 6.45) is 8.22. The first-order chi connectivity index (χ1) is 10.4. The minimum absolute atomic E-state index is 0. The molecule has 2 N–H and O–H groups in total. The molecule has 24 heavy (non-hydrogen) atoms. The number of fused-ring (bicyclic) bond motifs is 1. The lowest BCUT2D eigenvalue weighted by atomic mass is 9.85. The monoisotopic (exact) mass is 395 g/mol. The molecule has 1 saturated heterocycles. The van der Waals surface area contributed by atoms with E-state index in [1.165, 1.54) is 31.5 Å². The fourth-order valence-corrected chi connectivity index (χ4v) is 3.98. The van der Waals surface area contributed by atoms with Crippen molar-refractivity contribution in [1.29, 1.82) is 0 Å². The van der Waals surface area contributed by atoms with E-state index in [0.717, 1.165) is 19.1 Å². The molecule has 3 rings (SSSR count). The van der Waals surface area contributed by atoms with E-state index in [-0.39, 0.29) is 41.8 Å². The molecule has 9 heteroatoms. The summed E-state index contributed by atoms with van der Waals surface area (Å²) in [7, 11) is -3.31. The number of amides is 1. The van der Waals surface area contributed by atoms with Crippen LogP contribution in [-0.4, -0.2) is 37.6 Å². The summed E-state index contributed by atoms with van der Waals surface area (Å²) in [4.78, 5) is 16.2. The van der Waals surface area contributed by atoms with Crippen LogP contribution in [0.3, 0.4) is 0 Å². The van der Waals surface area contributed by atoms with Gasteiger partial charge in [0.1, 0.15) is 0 Å². The Kier molecular flexibility index (Phi) is 7.46. The summed E-state index contributed by atoms with van der Waals surface area (Å²) in [5, 5.41) is 6.24. The van der Waals surface area contributed by atoms with Gasteiger partial charge in [0.2, 0.25) is 5.91 Å². The molecule has 0 bridgehead atoms. The lowest BCUT2D eigenvalue weighted by Crippen LogP contribution is -2.39. The minimum atomic E-state index is -3.31. The Labute approximate surface area is 154 Å². The highest BCUT2D eigenvalue weighted by atomic mass is 35.5. The molecule has 1 aliphatic carbocycles. The lowest BCUT2D eigenvalue weighted by Gasteiger charge is -2.24. The second kappa shape index (κ2) is 8.47. The second-order valence-electron chi connectivity index (χ2n) is 6.25. The number of anilines is 1. The van der Waals surface area contributed by atoms with Crippen molar-refractivity contribution in [3.63, 3.8) is 0 Å². The maximum atomic E-state index is 12.3. The van der Waals surface area contributed by atoms with Crippen molar-refractivity contribution < 1.29 is 13.2 Å². The van der Waals surface area contributed by atoms with Crippen LogP contribution in [-0.2, 0) is 14.6 Å². The van der Waals surface area contributed by atoms with Crippen molar-refractivity contribution in [2.75, 3.05) is 11.6 Å². The van der Waals surface area contributed by atoms with Gasteiger partial charge in [-0.25, -0.2) is 13.4 Å². The zero-order valence-corrected chi connectivity index (χ0v) is 15.8. The lowest BCUT2D eigenvalue weighted by molar-refractivity contribution is -0.117. The Morgan fingerprint density at radius 1 is 1.25 bits per heavy atom. The molecule has 2 aliphatic rings. The van der Waals surface area contributed by atoms with Crippen LogP contribution in [0.4, 0.5) is 5.69 Å². The molecule has 136 valence electrons. The van der Waals surface area contributed by atoms with Gasteiger partial charge < -0.3 is 10.6 Å². The molecule has 6 nitrogen and oxygen atoms in total. The number of halogens is 2. The summed E-state index contributed by atoms with van der Waals surface area (Å²) < 4.78 is 22.7. The van der Waals surface area contributed by atoms with Crippen LogP contribution in [0, 0.1) is 5.92 Å². The molecule has 1 aromatic heterocycles. The third kappa shape index (κ3) is 4.81. The number of nitrogens with zero attached hydrogens (tertiary/aromatic N) is 1. The maximum absolute atomic E-state index is 12.3. The SMILES string of the molecule is CS(=O)(=O)c1ccc(NC(=O)C2CC3CCCCC3N2)cn1.Cl.Cl. The molecule has 2 fully saturated rings. The standard InChI is InChI=1S/C15H21N3O3S.2ClH/c1-22(20,21)14-7-6-11(9-16-14)17-15(19)13-8-10-4-2-3-5-12(10)18-13;;/h6-7,9-10,12-13,18H,2-5,8H2,1H3,(H,17,19);2*1H. The summed E-state index contributed by atoms with van der Waals surface area (Å²) in [6.45, 7) is 0. The van der Waals surface area contributed by atoms with Gasteiger partial charge >= 0.3 is 0 Å². The Balaban J connectivity index is 0.00000144. The van der Waals surface area contributed by atoms with Gasteiger partial charge in [0.05, 0.1) is 17.9 Å². The Hall–Kier alpha value is -0.890. The van der Waals surface area contributed by atoms with Crippen LogP contribution in [0.15, 0.2) is 23.4 Å². The average molecular weight is 396 g/mol. The molecule has 0 spiro atoms. The molecule has 3 unspecified atom stereocenters. The Morgan fingerprint density at radius 2 is 1.96 bits per heavy atom. The van der Waals surface area contributed by atoms with Crippen LogP contribution in [0.25, 0.3) is 0 Å². The van der Waals surface area contributed by atoms with Gasteiger partial charge in [0.15, 0.2) is 14.9 Å². The molecular weight excluding hydrogens is 373 g/mol. The average Bonchev–Trinajstić information content (AvgIpc) is 2.91. The van der Waals surface area contributed by atoms with Gasteiger partial charge in [-0.3, -0.25) is 4.79 Å². The molecule has 3 atom stereocenters. The predicted octanol–water partition coefficient (Wildman–Crippen LogP) is 2.19. The highest BCUT2D eigenvalue weighted by molar-refractivity contribution is 7.90. The van der Waals surface area contributed by atoms with Gasteiger partial charge in [-0.05, 0) is 37.3 Å². The van der Waals surface area contributed by atoms with Crippen molar-refractivity contribution >= 4 is 46.2 Å². The van der Waals surface area contributed by atoms with Crippen LogP contribution in [0.1, 0.15) is 32.1 Å². The number of hydrogen-bond acceptors (Lipinski definition) is 5. The largest absolute Gasteiger partial charge is 0.323 e. The third-order valence-electron chi connectivity index (χ3n) is 4.56. The first kappa shape index (κ1) is 21.2. The topological polar surface area (TPSA) is 88.2 Å². The molecule has 2 heterocycles. The van der Waals surface area contributed by atoms with Crippen LogP contribution >= 0.6 is 24.8 Å². The van der Waals surface area contributed by atoms with E-state index in [2.05, 4.69) is 15.6 Å². The van der Waals surface area contributed by atoms with Crippen molar-refractivity contribution in [2.24, 2.45) is 5.92 Å². The van der Waals surface area contributed by atoms with E-state index >= 15 is 0 Å². The van der Waals surface area contributed by atoms with Crippen molar-refractivity contribution in [3.05, 3.63) is 18.3 Å². The maximum Gasteiger partial charge on any atom is 0.241 e. The van der Waals surface area contributed by atoms with Crippen molar-refractivity contribution in [1.82, 2.24) is 10.3 Å². The second-order valence-corrected chi connectivity index (χ2v) is 8.22. The van der Waals surface area contributed by atoms with E-state index in [1.807, 2.05) is 0 Å². The third-order valence-corrected chi connectivity index (χ3v) is 5.56. The van der Waals surface area contributed by atoms with Crippen molar-refractivity contribution in [3.8, 4) is 0 Å². The Bertz CT molecular complexity index is 653. The van der Waals surface area contributed by atoms with Crippen LogP contribution in [0.5, 0.6) is 0 Å². The minimum Gasteiger partial charge on any atom is -0.323 e. The van der Waals surface area contributed by atoms with E-state index < -0.39 is 9.84 Å². The van der Waals surface area contributed by atoms with Gasteiger partial charge in [0.25, 0.3) is 0 Å². The molecular formula is C15H23Cl2N3O3S. The quantitative estimate of drug-likeness (QED) is 0.818. The zero-order chi connectivity index (χ0) is 15.7. The van der Waals surface area contributed by atoms with Crippen molar-refractivity contribution in [2.45, 2.75) is 49.2 Å². The van der Waals surface area contributed by atoms with Crippen LogP contribution in [0.2, 0.25) is 0 Å². The molecule has 1 amide bonds. The number of carbonyl (C=O) groups is 1. The van der Waals surface area contributed by atoms with Gasteiger partial charge in [-0.15, -0.1) is 24.8 Å². The predicted molar refractivity (Wildman–Crippen MR) is 97.8 cm³/mol. The number of hydrogen-bond donors (Lipinski definition) is 2. The molecule has 1 saturated carbocycles. The molecule has 1 aromatic rings. The fourth-order valence-electron chi connectivity index (χ4n) is 3.42. The summed E-state index contributed by atoms with van der Waals surface area (Å²) in [5.41, 5.74) is 0.522. The zero-order valence-electron chi connectivity index (χ0n) is 13.4. The summed E-state index contributed by atoms with van der Waals surface area (Å²) >= 11 is 0. The normalized spacial score (nSPS) is 25.8. The first-order valence-electron chi connectivity index (χ1n) is 7.66. The molecule has 0 radical (unpaired) electrons. The number of aromatic nitrogens is 1. The smallest absolute Gasteiger partial charge is 0.241 e. The summed E-state index contributed by atoms with van der Waals surface area (Å²) in [5.74, 6) is 0.540. The number of nitrogens with one attached hydrogen (secondary N) is 2. The highest BCUT2D eigenvalue weighted by Gasteiger charge is 2.38. The van der Waals surface area contributed by atoms with E-state index in [1.54, 1.807) is 6.07 Å². The first-order valence-corrected chi connectivity index (χ1v) is 9.55. The summed E-state index contributed by atoms with van der Waals surface area (Å²) in [6, 6.07) is 3.29. The van der Waals surface area contributed by atoms with Crippen LogP contribution < -0.4 is 10.6 Å². The van der Waals surface area contributed by atoms with E-state index in [0.29, 0.717) is 17.6 Å².